The van der Waals surface area contributed by atoms with E-state index in [0.717, 1.165) is 32.0 Å². The molecule has 1 fully saturated rings. The zero-order chi connectivity index (χ0) is 18.5. The molecule has 1 saturated heterocycles. The Bertz CT molecular complexity index is 835. The maximum Gasteiger partial charge on any atom is 0.161 e. The molecule has 0 aromatic heterocycles. The Morgan fingerprint density at radius 3 is 2.65 bits per heavy atom. The third-order valence-electron chi connectivity index (χ3n) is 4.67. The molecule has 1 aliphatic heterocycles. The van der Waals surface area contributed by atoms with E-state index in [-0.39, 0.29) is 5.78 Å². The molecule has 0 spiro atoms. The molecule has 5 nitrogen and oxygen atoms in total. The summed E-state index contributed by atoms with van der Waals surface area (Å²) in [6, 6.07) is 15.7. The summed E-state index contributed by atoms with van der Waals surface area (Å²) in [4.78, 5) is 16.4. The topological polar surface area (TPSA) is 56.6 Å². The number of hydrogen-bond acceptors (Lipinski definition) is 5. The number of carbonyl (C=O) groups is 1. The van der Waals surface area contributed by atoms with Crippen molar-refractivity contribution < 1.29 is 9.53 Å². The first-order chi connectivity index (χ1) is 12.6. The number of carbonyl (C=O) groups excluding carboxylic acids is 1. The van der Waals surface area contributed by atoms with Crippen molar-refractivity contribution in [1.29, 1.82) is 5.26 Å². The van der Waals surface area contributed by atoms with E-state index in [1.54, 1.807) is 25.1 Å². The molecule has 0 atom stereocenters. The fourth-order valence-corrected chi connectivity index (χ4v) is 3.31. The van der Waals surface area contributed by atoms with Gasteiger partial charge in [0.05, 0.1) is 24.8 Å². The fraction of sp³-hybridized carbons (Fsp3) is 0.333. The highest BCUT2D eigenvalue weighted by Gasteiger charge is 2.17. The Hall–Kier alpha value is -2.84. The van der Waals surface area contributed by atoms with Crippen LogP contribution in [0.5, 0.6) is 0 Å². The van der Waals surface area contributed by atoms with Gasteiger partial charge in [-0.05, 0) is 36.8 Å². The number of ketones is 1. The van der Waals surface area contributed by atoms with Crippen LogP contribution in [0.25, 0.3) is 0 Å². The highest BCUT2D eigenvalue weighted by atomic mass is 16.5. The van der Waals surface area contributed by atoms with E-state index in [0.29, 0.717) is 17.7 Å². The van der Waals surface area contributed by atoms with Crippen molar-refractivity contribution in [2.45, 2.75) is 13.5 Å². The molecule has 0 N–H and O–H groups in total. The molecular formula is C21H23N3O2. The Morgan fingerprint density at radius 1 is 1.23 bits per heavy atom. The lowest BCUT2D eigenvalue weighted by atomic mass is 10.0. The molecule has 26 heavy (non-hydrogen) atoms. The minimum absolute atomic E-state index is 0.00203. The first-order valence-corrected chi connectivity index (χ1v) is 8.77. The number of anilines is 2. The Balaban J connectivity index is 1.90. The van der Waals surface area contributed by atoms with Crippen molar-refractivity contribution in [3.05, 3.63) is 59.2 Å². The Labute approximate surface area is 154 Å². The summed E-state index contributed by atoms with van der Waals surface area (Å²) in [5, 5.41) is 9.21. The van der Waals surface area contributed by atoms with E-state index in [4.69, 9.17) is 4.74 Å². The number of Topliss-reactive ketones (excluding diaryl/α,β-unsaturated/α-hetero) is 1. The number of nitrogens with zero attached hydrogens (tertiary/aromatic N) is 3. The molecule has 0 unspecified atom stereocenters. The van der Waals surface area contributed by atoms with Crippen molar-refractivity contribution in [3.8, 4) is 6.07 Å². The SMILES string of the molecule is CC(=O)c1ccc(C#N)cc1N(C)Cc1ccccc1N1CCOCC1. The predicted molar refractivity (Wildman–Crippen MR) is 103 cm³/mol. The molecule has 0 saturated carbocycles. The third-order valence-corrected chi connectivity index (χ3v) is 4.67. The second-order valence-electron chi connectivity index (χ2n) is 6.48. The van der Waals surface area contributed by atoms with Gasteiger partial charge >= 0.3 is 0 Å². The van der Waals surface area contributed by atoms with E-state index >= 15 is 0 Å². The lowest BCUT2D eigenvalue weighted by Gasteiger charge is -2.32. The van der Waals surface area contributed by atoms with Crippen LogP contribution < -0.4 is 9.80 Å². The van der Waals surface area contributed by atoms with Crippen molar-refractivity contribution >= 4 is 17.2 Å². The van der Waals surface area contributed by atoms with Gasteiger partial charge in [-0.3, -0.25) is 4.79 Å². The summed E-state index contributed by atoms with van der Waals surface area (Å²) >= 11 is 0. The molecule has 0 amide bonds. The molecule has 0 aliphatic carbocycles. The molecule has 3 rings (SSSR count). The summed E-state index contributed by atoms with van der Waals surface area (Å²) < 4.78 is 5.46. The van der Waals surface area contributed by atoms with Crippen molar-refractivity contribution in [1.82, 2.24) is 0 Å². The smallest absolute Gasteiger partial charge is 0.161 e. The summed E-state index contributed by atoms with van der Waals surface area (Å²) in [6.45, 7) is 5.45. The summed E-state index contributed by atoms with van der Waals surface area (Å²) in [6.07, 6.45) is 0. The molecule has 2 aromatic rings. The number of hydrogen-bond donors (Lipinski definition) is 0. The average Bonchev–Trinajstić information content (AvgIpc) is 2.68. The lowest BCUT2D eigenvalue weighted by Crippen LogP contribution is -2.37. The normalized spacial score (nSPS) is 14.0. The number of ether oxygens (including phenoxy) is 1. The number of benzene rings is 2. The van der Waals surface area contributed by atoms with Crippen LogP contribution in [-0.2, 0) is 11.3 Å². The number of para-hydroxylation sites is 1. The van der Waals surface area contributed by atoms with Gasteiger partial charge in [-0.25, -0.2) is 0 Å². The maximum absolute atomic E-state index is 12.0. The van der Waals surface area contributed by atoms with Crippen LogP contribution in [0.3, 0.4) is 0 Å². The van der Waals surface area contributed by atoms with Crippen molar-refractivity contribution in [2.24, 2.45) is 0 Å². The number of morpholine rings is 1. The van der Waals surface area contributed by atoms with Gasteiger partial charge < -0.3 is 14.5 Å². The van der Waals surface area contributed by atoms with E-state index in [2.05, 4.69) is 23.1 Å². The largest absolute Gasteiger partial charge is 0.378 e. The lowest BCUT2D eigenvalue weighted by molar-refractivity contribution is 0.101. The molecule has 0 bridgehead atoms. The van der Waals surface area contributed by atoms with Gasteiger partial charge in [0, 0.05) is 43.6 Å². The van der Waals surface area contributed by atoms with Crippen LogP contribution >= 0.6 is 0 Å². The molecule has 134 valence electrons. The van der Waals surface area contributed by atoms with E-state index in [9.17, 15) is 10.1 Å². The second kappa shape index (κ2) is 8.03. The quantitative estimate of drug-likeness (QED) is 0.776. The monoisotopic (exact) mass is 349 g/mol. The standard InChI is InChI=1S/C21H23N3O2/c1-16(25)19-8-7-17(14-22)13-21(19)23(2)15-18-5-3-4-6-20(18)24-9-11-26-12-10-24/h3-8,13H,9-12,15H2,1-2H3. The van der Waals surface area contributed by atoms with E-state index in [1.165, 1.54) is 11.3 Å². The van der Waals surface area contributed by atoms with Crippen LogP contribution in [-0.4, -0.2) is 39.1 Å². The molecule has 2 aromatic carbocycles. The molecular weight excluding hydrogens is 326 g/mol. The number of rotatable bonds is 5. The zero-order valence-corrected chi connectivity index (χ0v) is 15.2. The van der Waals surface area contributed by atoms with Gasteiger partial charge in [0.2, 0.25) is 0 Å². The highest BCUT2D eigenvalue weighted by Crippen LogP contribution is 2.27. The van der Waals surface area contributed by atoms with Crippen LogP contribution in [0, 0.1) is 11.3 Å². The maximum atomic E-state index is 12.0. The fourth-order valence-electron chi connectivity index (χ4n) is 3.31. The van der Waals surface area contributed by atoms with Gasteiger partial charge in [0.25, 0.3) is 0 Å². The molecule has 1 aliphatic rings. The first kappa shape index (κ1) is 18.0. The van der Waals surface area contributed by atoms with E-state index in [1.807, 2.05) is 24.1 Å². The van der Waals surface area contributed by atoms with Gasteiger partial charge in [0.1, 0.15) is 0 Å². The van der Waals surface area contributed by atoms with Gasteiger partial charge in [-0.15, -0.1) is 0 Å². The van der Waals surface area contributed by atoms with E-state index < -0.39 is 0 Å². The highest BCUT2D eigenvalue weighted by molar-refractivity contribution is 6.00. The van der Waals surface area contributed by atoms with Crippen LogP contribution in [0.4, 0.5) is 11.4 Å². The third kappa shape index (κ3) is 3.87. The van der Waals surface area contributed by atoms with Crippen molar-refractivity contribution in [2.75, 3.05) is 43.2 Å². The summed E-state index contributed by atoms with van der Waals surface area (Å²) in [5.41, 5.74) is 4.36. The number of nitriles is 1. The average molecular weight is 349 g/mol. The minimum atomic E-state index is -0.00203. The van der Waals surface area contributed by atoms with Crippen molar-refractivity contribution in [3.63, 3.8) is 0 Å². The van der Waals surface area contributed by atoms with Gasteiger partial charge in [-0.1, -0.05) is 18.2 Å². The van der Waals surface area contributed by atoms with Gasteiger partial charge in [-0.2, -0.15) is 5.26 Å². The van der Waals surface area contributed by atoms with Gasteiger partial charge in [0.15, 0.2) is 5.78 Å². The van der Waals surface area contributed by atoms with Crippen LogP contribution in [0.1, 0.15) is 28.4 Å². The molecule has 0 radical (unpaired) electrons. The minimum Gasteiger partial charge on any atom is -0.378 e. The Morgan fingerprint density at radius 2 is 1.96 bits per heavy atom. The summed E-state index contributed by atoms with van der Waals surface area (Å²) in [7, 11) is 1.96. The first-order valence-electron chi connectivity index (χ1n) is 8.77. The zero-order valence-electron chi connectivity index (χ0n) is 15.2. The van der Waals surface area contributed by atoms with Crippen LogP contribution in [0.15, 0.2) is 42.5 Å². The second-order valence-corrected chi connectivity index (χ2v) is 6.48. The predicted octanol–water partition coefficient (Wildman–Crippen LogP) is 3.23. The molecule has 1 heterocycles. The summed E-state index contributed by atoms with van der Waals surface area (Å²) in [5.74, 6) is -0.00203. The molecule has 5 heteroatoms. The Kier molecular flexibility index (Phi) is 5.55. The van der Waals surface area contributed by atoms with Crippen LogP contribution in [0.2, 0.25) is 0 Å².